The molecule has 1 fully saturated rings. The highest BCUT2D eigenvalue weighted by molar-refractivity contribution is 5.85. The second kappa shape index (κ2) is 6.55. The first-order chi connectivity index (χ1) is 10.8. The fraction of sp³-hybridized carbons (Fsp3) is 0.533. The van der Waals surface area contributed by atoms with E-state index in [0.717, 1.165) is 6.42 Å². The molecule has 0 heterocycles. The summed E-state index contributed by atoms with van der Waals surface area (Å²) in [4.78, 5) is 22.9. The number of carbonyl (C=O) groups is 1. The number of alkyl halides is 3. The quantitative estimate of drug-likeness (QED) is 0.583. The molecule has 0 aromatic heterocycles. The topological polar surface area (TPSA) is 65.0 Å². The number of rotatable bonds is 6. The second-order valence-corrected chi connectivity index (χ2v) is 5.33. The zero-order valence-corrected chi connectivity index (χ0v) is 12.5. The molecule has 0 N–H and O–H groups in total. The third-order valence-corrected chi connectivity index (χ3v) is 3.88. The Balaban J connectivity index is 2.32. The Morgan fingerprint density at radius 3 is 2.52 bits per heavy atom. The van der Waals surface area contributed by atoms with E-state index >= 15 is 0 Å². The lowest BCUT2D eigenvalue weighted by molar-refractivity contribution is -0.155. The van der Waals surface area contributed by atoms with E-state index in [9.17, 15) is 22.9 Å². The molecule has 1 saturated carbocycles. The standard InChI is InChI=1S/C15H16F3NO4/c1-2-22-13(20)14(6-3-7-14)10-4-5-11(19-21)12(8-10)23-9-15(16,17)18/h4-5,8H,2-3,6-7,9H2,1H3. The maximum atomic E-state index is 12.3. The van der Waals surface area contributed by atoms with Crippen molar-refractivity contribution < 1.29 is 27.4 Å². The SMILES string of the molecule is CCOC(=O)C1(c2ccc(N=O)c(OCC(F)(F)F)c2)CCC1. The first kappa shape index (κ1) is 17.2. The van der Waals surface area contributed by atoms with Gasteiger partial charge >= 0.3 is 12.1 Å². The molecule has 0 saturated heterocycles. The zero-order chi connectivity index (χ0) is 17.1. The van der Waals surface area contributed by atoms with Gasteiger partial charge in [-0.2, -0.15) is 13.2 Å². The third-order valence-electron chi connectivity index (χ3n) is 3.88. The first-order valence-electron chi connectivity index (χ1n) is 7.17. The van der Waals surface area contributed by atoms with E-state index in [-0.39, 0.29) is 18.0 Å². The molecule has 23 heavy (non-hydrogen) atoms. The molecule has 1 aromatic carbocycles. The van der Waals surface area contributed by atoms with Crippen LogP contribution in [-0.2, 0) is 14.9 Å². The van der Waals surface area contributed by atoms with Crippen LogP contribution in [0.25, 0.3) is 0 Å². The van der Waals surface area contributed by atoms with E-state index in [4.69, 9.17) is 4.74 Å². The average Bonchev–Trinajstić information content (AvgIpc) is 2.43. The molecular weight excluding hydrogens is 315 g/mol. The number of nitrogens with zero attached hydrogens (tertiary/aromatic N) is 1. The van der Waals surface area contributed by atoms with Crippen molar-refractivity contribution in [3.8, 4) is 5.75 Å². The first-order valence-corrected chi connectivity index (χ1v) is 7.17. The minimum absolute atomic E-state index is 0.214. The summed E-state index contributed by atoms with van der Waals surface area (Å²) in [5, 5.41) is 2.66. The predicted octanol–water partition coefficient (Wildman–Crippen LogP) is 4.01. The highest BCUT2D eigenvalue weighted by atomic mass is 19.4. The molecule has 0 radical (unpaired) electrons. The molecule has 0 spiro atoms. The largest absolute Gasteiger partial charge is 0.482 e. The van der Waals surface area contributed by atoms with Crippen LogP contribution >= 0.6 is 0 Å². The van der Waals surface area contributed by atoms with Gasteiger partial charge in [-0.3, -0.25) is 4.79 Å². The van der Waals surface area contributed by atoms with Crippen LogP contribution < -0.4 is 4.74 Å². The van der Waals surface area contributed by atoms with Crippen LogP contribution in [0.15, 0.2) is 23.4 Å². The maximum absolute atomic E-state index is 12.3. The molecule has 1 aromatic rings. The highest BCUT2D eigenvalue weighted by Crippen LogP contribution is 2.47. The molecule has 5 nitrogen and oxygen atoms in total. The lowest BCUT2D eigenvalue weighted by Crippen LogP contribution is -2.43. The normalized spacial score (nSPS) is 16.3. The van der Waals surface area contributed by atoms with Gasteiger partial charge in [0.2, 0.25) is 0 Å². The van der Waals surface area contributed by atoms with Crippen molar-refractivity contribution in [3.05, 3.63) is 28.7 Å². The summed E-state index contributed by atoms with van der Waals surface area (Å²) in [5.74, 6) is -0.703. The summed E-state index contributed by atoms with van der Waals surface area (Å²) < 4.78 is 46.7. The summed E-state index contributed by atoms with van der Waals surface area (Å²) >= 11 is 0. The Kier molecular flexibility index (Phi) is 4.91. The Morgan fingerprint density at radius 1 is 1.35 bits per heavy atom. The van der Waals surface area contributed by atoms with Crippen LogP contribution in [-0.4, -0.2) is 25.4 Å². The van der Waals surface area contributed by atoms with E-state index in [1.165, 1.54) is 18.2 Å². The molecule has 0 bridgehead atoms. The van der Waals surface area contributed by atoms with Crippen LogP contribution in [0.5, 0.6) is 5.75 Å². The van der Waals surface area contributed by atoms with E-state index in [0.29, 0.717) is 18.4 Å². The van der Waals surface area contributed by atoms with Crippen LogP contribution in [0.1, 0.15) is 31.7 Å². The van der Waals surface area contributed by atoms with Crippen molar-refractivity contribution in [1.82, 2.24) is 0 Å². The summed E-state index contributed by atoms with van der Waals surface area (Å²) in [5.41, 5.74) is -0.642. The monoisotopic (exact) mass is 331 g/mol. The Bertz CT molecular complexity index is 597. The fourth-order valence-corrected chi connectivity index (χ4v) is 2.57. The van der Waals surface area contributed by atoms with Crippen molar-refractivity contribution in [2.45, 2.75) is 37.8 Å². The van der Waals surface area contributed by atoms with Gasteiger partial charge in [0, 0.05) is 0 Å². The smallest absolute Gasteiger partial charge is 0.422 e. The second-order valence-electron chi connectivity index (χ2n) is 5.33. The predicted molar refractivity (Wildman–Crippen MR) is 75.6 cm³/mol. The van der Waals surface area contributed by atoms with Gasteiger partial charge in [0.15, 0.2) is 6.61 Å². The number of hydrogen-bond acceptors (Lipinski definition) is 5. The lowest BCUT2D eigenvalue weighted by Gasteiger charge is -2.39. The number of benzene rings is 1. The van der Waals surface area contributed by atoms with Gasteiger partial charge in [-0.25, -0.2) is 0 Å². The summed E-state index contributed by atoms with van der Waals surface area (Å²) in [6.45, 7) is 0.360. The minimum atomic E-state index is -4.54. The van der Waals surface area contributed by atoms with Crippen molar-refractivity contribution >= 4 is 11.7 Å². The summed E-state index contributed by atoms with van der Waals surface area (Å²) in [7, 11) is 0. The van der Waals surface area contributed by atoms with Crippen molar-refractivity contribution in [1.29, 1.82) is 0 Å². The van der Waals surface area contributed by atoms with E-state index < -0.39 is 24.2 Å². The van der Waals surface area contributed by atoms with Gasteiger partial charge in [0.05, 0.1) is 12.0 Å². The summed E-state index contributed by atoms with van der Waals surface area (Å²) in [6, 6.07) is 4.04. The molecular formula is C15H16F3NO4. The Morgan fingerprint density at radius 2 is 2.04 bits per heavy atom. The zero-order valence-electron chi connectivity index (χ0n) is 12.5. The van der Waals surface area contributed by atoms with Gasteiger partial charge in [-0.15, -0.1) is 4.91 Å². The number of hydrogen-bond donors (Lipinski definition) is 0. The number of carbonyl (C=O) groups excluding carboxylic acids is 1. The van der Waals surface area contributed by atoms with Gasteiger partial charge in [0.1, 0.15) is 11.4 Å². The van der Waals surface area contributed by atoms with Gasteiger partial charge in [-0.1, -0.05) is 12.5 Å². The third kappa shape index (κ3) is 3.62. The van der Waals surface area contributed by atoms with Crippen LogP contribution in [0.4, 0.5) is 18.9 Å². The van der Waals surface area contributed by atoms with Crippen LogP contribution in [0, 0.1) is 4.91 Å². The molecule has 8 heteroatoms. The molecule has 0 atom stereocenters. The molecule has 126 valence electrons. The maximum Gasteiger partial charge on any atom is 0.422 e. The molecule has 0 aliphatic heterocycles. The van der Waals surface area contributed by atoms with Gasteiger partial charge in [0.25, 0.3) is 0 Å². The van der Waals surface area contributed by atoms with Crippen molar-refractivity contribution in [3.63, 3.8) is 0 Å². The van der Waals surface area contributed by atoms with E-state index in [1.54, 1.807) is 6.92 Å². The molecule has 1 aliphatic rings. The van der Waals surface area contributed by atoms with Crippen LogP contribution in [0.3, 0.4) is 0 Å². The minimum Gasteiger partial charge on any atom is -0.482 e. The average molecular weight is 331 g/mol. The Labute approximate surface area is 130 Å². The van der Waals surface area contributed by atoms with Crippen molar-refractivity contribution in [2.75, 3.05) is 13.2 Å². The van der Waals surface area contributed by atoms with E-state index in [1.807, 2.05) is 0 Å². The van der Waals surface area contributed by atoms with Crippen LogP contribution in [0.2, 0.25) is 0 Å². The molecule has 1 aliphatic carbocycles. The number of nitroso groups, excluding NO2 is 1. The highest BCUT2D eigenvalue weighted by Gasteiger charge is 2.47. The fourth-order valence-electron chi connectivity index (χ4n) is 2.57. The van der Waals surface area contributed by atoms with Gasteiger partial charge in [-0.05, 0) is 42.6 Å². The number of ether oxygens (including phenoxy) is 2. The lowest BCUT2D eigenvalue weighted by atomic mass is 9.64. The number of esters is 1. The molecule has 2 rings (SSSR count). The van der Waals surface area contributed by atoms with E-state index in [2.05, 4.69) is 9.91 Å². The summed E-state index contributed by atoms with van der Waals surface area (Å²) in [6.07, 6.45) is -2.65. The Hall–Kier alpha value is -2.12. The van der Waals surface area contributed by atoms with Crippen molar-refractivity contribution in [2.24, 2.45) is 5.18 Å². The molecule has 0 unspecified atom stereocenters. The van der Waals surface area contributed by atoms with Gasteiger partial charge < -0.3 is 9.47 Å². The number of halogens is 3. The molecule has 0 amide bonds.